The summed E-state index contributed by atoms with van der Waals surface area (Å²) in [6.45, 7) is 5.57. The van der Waals surface area contributed by atoms with Crippen LogP contribution in [0.15, 0.2) is 58.6 Å². The van der Waals surface area contributed by atoms with Crippen molar-refractivity contribution in [3.05, 3.63) is 75.7 Å². The largest absolute Gasteiger partial charge is 0.494 e. The molecule has 2 aromatic carbocycles. The second-order valence-electron chi connectivity index (χ2n) is 9.77. The first-order chi connectivity index (χ1) is 18.1. The number of nitrogens with zero attached hydrogens (tertiary/aromatic N) is 4. The number of hydrogen-bond acceptors (Lipinski definition) is 8. The van der Waals surface area contributed by atoms with Crippen molar-refractivity contribution in [3.8, 4) is 5.75 Å². The number of carboxylic acid groups (broad SMARTS) is 1. The molecule has 0 radical (unpaired) electrons. The Morgan fingerprint density at radius 2 is 1.89 bits per heavy atom. The van der Waals surface area contributed by atoms with Gasteiger partial charge in [0, 0.05) is 29.9 Å². The molecular formula is C27H32N4O7. The minimum Gasteiger partial charge on any atom is -0.494 e. The van der Waals surface area contributed by atoms with Crippen LogP contribution in [0, 0.1) is 0 Å². The van der Waals surface area contributed by atoms with Crippen LogP contribution in [-0.4, -0.2) is 52.4 Å². The summed E-state index contributed by atoms with van der Waals surface area (Å²) in [6.07, 6.45) is -0.976. The number of aliphatic imine (C=N–C) groups is 1. The summed E-state index contributed by atoms with van der Waals surface area (Å²) in [6, 6.07) is 13.7. The number of aliphatic hydroxyl groups is 1. The minimum atomic E-state index is -1.84. The van der Waals surface area contributed by atoms with Crippen LogP contribution in [0.25, 0.3) is 10.4 Å². The Balaban J connectivity index is 2.01. The van der Waals surface area contributed by atoms with Crippen LogP contribution in [-0.2, 0) is 25.6 Å². The van der Waals surface area contributed by atoms with Gasteiger partial charge in [0.25, 0.3) is 0 Å². The monoisotopic (exact) mass is 524 g/mol. The molecule has 0 bridgehead atoms. The number of aliphatic carboxylic acids is 1. The Bertz CT molecular complexity index is 1220. The number of carbonyl (C=O) groups is 2. The summed E-state index contributed by atoms with van der Waals surface area (Å²) in [5.74, 6) is -1.13. The van der Waals surface area contributed by atoms with E-state index in [-0.39, 0.29) is 31.9 Å². The van der Waals surface area contributed by atoms with E-state index < -0.39 is 29.2 Å². The fourth-order valence-corrected chi connectivity index (χ4v) is 4.06. The van der Waals surface area contributed by atoms with Gasteiger partial charge in [-0.05, 0) is 68.1 Å². The zero-order chi connectivity index (χ0) is 27.8. The molecule has 0 aliphatic carbocycles. The molecule has 2 N–H and O–H groups in total. The molecule has 0 saturated carbocycles. The number of carboxylic acids is 1. The van der Waals surface area contributed by atoms with Gasteiger partial charge in [-0.1, -0.05) is 29.4 Å². The van der Waals surface area contributed by atoms with E-state index in [1.54, 1.807) is 69.3 Å². The molecule has 0 fully saturated rings. The predicted molar refractivity (Wildman–Crippen MR) is 139 cm³/mol. The van der Waals surface area contributed by atoms with Crippen molar-refractivity contribution in [2.45, 2.75) is 63.8 Å². The highest BCUT2D eigenvalue weighted by Crippen LogP contribution is 2.44. The number of ether oxygens (including phenoxy) is 3. The van der Waals surface area contributed by atoms with Crippen molar-refractivity contribution in [3.63, 3.8) is 0 Å². The SMILES string of the molecule is CC(C)(C)OC(=O)CC[C@]1(C(=O)O)N=C(c2ccc(OCCCO)cc2)O[C@H]1c1ccccc1CN=[N+]=[N-]. The van der Waals surface area contributed by atoms with Crippen LogP contribution in [0.1, 0.15) is 62.8 Å². The zero-order valence-electron chi connectivity index (χ0n) is 21.7. The van der Waals surface area contributed by atoms with Crippen molar-refractivity contribution in [2.75, 3.05) is 13.2 Å². The quantitative estimate of drug-likeness (QED) is 0.133. The third-order valence-corrected chi connectivity index (χ3v) is 5.78. The van der Waals surface area contributed by atoms with Gasteiger partial charge in [-0.15, -0.1) is 0 Å². The van der Waals surface area contributed by atoms with E-state index >= 15 is 0 Å². The number of aliphatic hydroxyl groups excluding tert-OH is 1. The first kappa shape index (κ1) is 28.5. The van der Waals surface area contributed by atoms with Crippen molar-refractivity contribution in [1.29, 1.82) is 0 Å². The van der Waals surface area contributed by atoms with E-state index in [0.717, 1.165) is 0 Å². The molecule has 0 saturated heterocycles. The molecule has 11 nitrogen and oxygen atoms in total. The van der Waals surface area contributed by atoms with Crippen molar-refractivity contribution >= 4 is 17.8 Å². The normalized spacial score (nSPS) is 18.6. The molecule has 1 aliphatic heterocycles. The second kappa shape index (κ2) is 12.4. The number of rotatable bonds is 12. The van der Waals surface area contributed by atoms with Crippen LogP contribution in [0.4, 0.5) is 0 Å². The zero-order valence-corrected chi connectivity index (χ0v) is 21.7. The lowest BCUT2D eigenvalue weighted by atomic mass is 9.82. The lowest BCUT2D eigenvalue weighted by Gasteiger charge is -2.29. The van der Waals surface area contributed by atoms with Gasteiger partial charge in [-0.3, -0.25) is 4.79 Å². The van der Waals surface area contributed by atoms with E-state index in [2.05, 4.69) is 15.0 Å². The fourth-order valence-electron chi connectivity index (χ4n) is 4.06. The maximum Gasteiger partial charge on any atom is 0.336 e. The molecule has 0 amide bonds. The highest BCUT2D eigenvalue weighted by atomic mass is 16.6. The predicted octanol–water partition coefficient (Wildman–Crippen LogP) is 4.72. The second-order valence-corrected chi connectivity index (χ2v) is 9.77. The molecule has 3 rings (SSSR count). The maximum absolute atomic E-state index is 12.8. The molecule has 0 unspecified atom stereocenters. The number of benzene rings is 2. The van der Waals surface area contributed by atoms with Crippen LogP contribution >= 0.6 is 0 Å². The molecule has 38 heavy (non-hydrogen) atoms. The highest BCUT2D eigenvalue weighted by Gasteiger charge is 2.54. The molecule has 1 aliphatic rings. The van der Waals surface area contributed by atoms with Gasteiger partial charge >= 0.3 is 11.9 Å². The van der Waals surface area contributed by atoms with Crippen molar-refractivity contribution in [1.82, 2.24) is 0 Å². The number of esters is 1. The smallest absolute Gasteiger partial charge is 0.336 e. The molecule has 2 atom stereocenters. The lowest BCUT2D eigenvalue weighted by molar-refractivity contribution is -0.156. The molecule has 202 valence electrons. The Hall–Kier alpha value is -4.08. The van der Waals surface area contributed by atoms with Crippen LogP contribution in [0.2, 0.25) is 0 Å². The van der Waals surface area contributed by atoms with Crippen LogP contribution < -0.4 is 4.74 Å². The van der Waals surface area contributed by atoms with E-state index in [1.165, 1.54) is 0 Å². The van der Waals surface area contributed by atoms with Gasteiger partial charge in [0.2, 0.25) is 11.4 Å². The van der Waals surface area contributed by atoms with Gasteiger partial charge in [0.05, 0.1) is 13.2 Å². The summed E-state index contributed by atoms with van der Waals surface area (Å²) < 4.78 is 17.2. The first-order valence-corrected chi connectivity index (χ1v) is 12.2. The molecule has 2 aromatic rings. The van der Waals surface area contributed by atoms with E-state index in [4.69, 9.17) is 24.8 Å². The topological polar surface area (TPSA) is 163 Å². The Morgan fingerprint density at radius 1 is 1.18 bits per heavy atom. The summed E-state index contributed by atoms with van der Waals surface area (Å²) in [5.41, 5.74) is 7.87. The molecule has 1 heterocycles. The van der Waals surface area contributed by atoms with E-state index in [9.17, 15) is 14.7 Å². The van der Waals surface area contributed by atoms with Gasteiger partial charge < -0.3 is 24.4 Å². The molecule has 0 aromatic heterocycles. The summed E-state index contributed by atoms with van der Waals surface area (Å²) in [4.78, 5) is 32.8. The maximum atomic E-state index is 12.8. The Morgan fingerprint density at radius 3 is 2.53 bits per heavy atom. The summed E-state index contributed by atoms with van der Waals surface area (Å²) >= 11 is 0. The van der Waals surface area contributed by atoms with E-state index in [1.807, 2.05) is 0 Å². The van der Waals surface area contributed by atoms with E-state index in [0.29, 0.717) is 35.5 Å². The Kier molecular flexibility index (Phi) is 9.33. The lowest BCUT2D eigenvalue weighted by Crippen LogP contribution is -2.42. The highest BCUT2D eigenvalue weighted by molar-refractivity contribution is 5.99. The third-order valence-electron chi connectivity index (χ3n) is 5.78. The van der Waals surface area contributed by atoms with Gasteiger partial charge in [0.15, 0.2) is 6.10 Å². The number of hydrogen-bond donors (Lipinski definition) is 2. The summed E-state index contributed by atoms with van der Waals surface area (Å²) in [7, 11) is 0. The van der Waals surface area contributed by atoms with Crippen molar-refractivity contribution in [2.24, 2.45) is 10.1 Å². The molecule has 0 spiro atoms. The number of carbonyl (C=O) groups excluding carboxylic acids is 1. The van der Waals surface area contributed by atoms with Gasteiger partial charge in [0.1, 0.15) is 11.4 Å². The van der Waals surface area contributed by atoms with Crippen molar-refractivity contribution < 1.29 is 34.0 Å². The third kappa shape index (κ3) is 7.02. The van der Waals surface area contributed by atoms with Gasteiger partial charge in [-0.25, -0.2) is 9.79 Å². The average molecular weight is 525 g/mol. The minimum absolute atomic E-state index is 0.0104. The van der Waals surface area contributed by atoms with Crippen LogP contribution in [0.5, 0.6) is 5.75 Å². The average Bonchev–Trinajstić information content (AvgIpc) is 3.27. The number of azide groups is 1. The standard InChI is InChI=1S/C27H32N4O7/c1-26(2,3)38-22(33)13-14-27(25(34)35)23(21-8-5-4-7-19(21)17-29-31-28)37-24(30-27)18-9-11-20(12-10-18)36-16-6-15-32/h4-5,7-12,23,32H,6,13-17H2,1-3H3,(H,34,35)/t23-,27-/m0/s1. The van der Waals surface area contributed by atoms with Gasteiger partial charge in [-0.2, -0.15) is 0 Å². The Labute approximate surface area is 220 Å². The first-order valence-electron chi connectivity index (χ1n) is 12.2. The van der Waals surface area contributed by atoms with Crippen LogP contribution in [0.3, 0.4) is 0 Å². The molecule has 11 heteroatoms. The molecular weight excluding hydrogens is 492 g/mol. The summed E-state index contributed by atoms with van der Waals surface area (Å²) in [5, 5.41) is 23.0. The fraction of sp³-hybridized carbons (Fsp3) is 0.444.